The molecule has 1 aliphatic heterocycles. The van der Waals surface area contributed by atoms with Crippen LogP contribution >= 0.6 is 0 Å². The molecule has 5 nitrogen and oxygen atoms in total. The van der Waals surface area contributed by atoms with Gasteiger partial charge in [-0.05, 0) is 13.8 Å². The van der Waals surface area contributed by atoms with Crippen LogP contribution in [0.2, 0.25) is 0 Å². The lowest BCUT2D eigenvalue weighted by atomic mass is 10.3. The summed E-state index contributed by atoms with van der Waals surface area (Å²) in [5.41, 5.74) is 0. The molecule has 84 valence electrons. The molecule has 1 aliphatic rings. The van der Waals surface area contributed by atoms with E-state index >= 15 is 0 Å². The molecule has 0 amide bonds. The van der Waals surface area contributed by atoms with Gasteiger partial charge in [-0.3, -0.25) is 0 Å². The van der Waals surface area contributed by atoms with Crippen molar-refractivity contribution in [3.05, 3.63) is 0 Å². The number of aliphatic hydroxyl groups is 1. The fourth-order valence-electron chi connectivity index (χ4n) is 1.46. The second-order valence-electron chi connectivity index (χ2n) is 3.82. The Morgan fingerprint density at radius 3 is 2.07 bits per heavy atom. The zero-order valence-corrected chi connectivity index (χ0v) is 9.68. The fourth-order valence-corrected chi connectivity index (χ4v) is 5.81. The maximum Gasteiger partial charge on any atom is 0.159 e. The highest BCUT2D eigenvalue weighted by Gasteiger charge is 2.45. The Labute approximate surface area is 84.0 Å². The van der Waals surface area contributed by atoms with E-state index in [1.165, 1.54) is 13.8 Å². The molecule has 7 heteroatoms. The van der Waals surface area contributed by atoms with E-state index in [9.17, 15) is 21.9 Å². The van der Waals surface area contributed by atoms with Crippen LogP contribution in [-0.2, 0) is 19.7 Å². The third-order valence-electron chi connectivity index (χ3n) is 2.35. The average Bonchev–Trinajstić information content (AvgIpc) is 2.24. The summed E-state index contributed by atoms with van der Waals surface area (Å²) >= 11 is 0. The van der Waals surface area contributed by atoms with E-state index in [-0.39, 0.29) is 0 Å². The molecule has 1 heterocycles. The number of hydrogen-bond donors (Lipinski definition) is 1. The van der Waals surface area contributed by atoms with Crippen LogP contribution in [0.25, 0.3) is 0 Å². The Balaban J connectivity index is 3.04. The van der Waals surface area contributed by atoms with Crippen LogP contribution in [0.5, 0.6) is 0 Å². The van der Waals surface area contributed by atoms with Gasteiger partial charge in [0.25, 0.3) is 0 Å². The van der Waals surface area contributed by atoms with Crippen molar-refractivity contribution in [3.63, 3.8) is 0 Å². The predicted octanol–water partition coefficient (Wildman–Crippen LogP) is -1.03. The molecule has 14 heavy (non-hydrogen) atoms. The van der Waals surface area contributed by atoms with Gasteiger partial charge in [-0.1, -0.05) is 0 Å². The van der Waals surface area contributed by atoms with Crippen molar-refractivity contribution in [1.29, 1.82) is 0 Å². The molecule has 1 N–H and O–H groups in total. The summed E-state index contributed by atoms with van der Waals surface area (Å²) < 4.78 is 45.4. The summed E-state index contributed by atoms with van der Waals surface area (Å²) in [5.74, 6) is -0.891. The van der Waals surface area contributed by atoms with Crippen molar-refractivity contribution in [2.75, 3.05) is 11.5 Å². The smallest absolute Gasteiger partial charge is 0.159 e. The Morgan fingerprint density at radius 1 is 1.29 bits per heavy atom. The maximum atomic E-state index is 11.6. The number of sulfone groups is 2. The molecule has 0 aromatic carbocycles. The van der Waals surface area contributed by atoms with Gasteiger partial charge in [-0.15, -0.1) is 0 Å². The van der Waals surface area contributed by atoms with Crippen LogP contribution in [0.3, 0.4) is 0 Å². The lowest BCUT2D eigenvalue weighted by Gasteiger charge is -2.16. The molecule has 1 saturated heterocycles. The largest absolute Gasteiger partial charge is 0.391 e. The van der Waals surface area contributed by atoms with Gasteiger partial charge >= 0.3 is 0 Å². The van der Waals surface area contributed by atoms with Gasteiger partial charge in [-0.25, -0.2) is 16.8 Å². The van der Waals surface area contributed by atoms with Gasteiger partial charge in [-0.2, -0.15) is 0 Å². The highest BCUT2D eigenvalue weighted by atomic mass is 32.2. The van der Waals surface area contributed by atoms with Crippen LogP contribution < -0.4 is 0 Å². The Kier molecular flexibility index (Phi) is 2.95. The highest BCUT2D eigenvalue weighted by Crippen LogP contribution is 2.22. The van der Waals surface area contributed by atoms with E-state index in [2.05, 4.69) is 0 Å². The first-order valence-corrected chi connectivity index (χ1v) is 7.71. The molecule has 1 rings (SSSR count). The third kappa shape index (κ3) is 2.09. The Hall–Kier alpha value is -0.140. The summed E-state index contributed by atoms with van der Waals surface area (Å²) in [7, 11) is -6.92. The maximum absolute atomic E-state index is 11.6. The average molecular weight is 242 g/mol. The van der Waals surface area contributed by atoms with Crippen molar-refractivity contribution < 1.29 is 21.9 Å². The van der Waals surface area contributed by atoms with Crippen molar-refractivity contribution in [2.24, 2.45) is 0 Å². The molecule has 0 spiro atoms. The van der Waals surface area contributed by atoms with Gasteiger partial charge in [0.1, 0.15) is 5.25 Å². The van der Waals surface area contributed by atoms with E-state index in [0.717, 1.165) is 0 Å². The van der Waals surface area contributed by atoms with Gasteiger partial charge in [0.15, 0.2) is 19.7 Å². The Morgan fingerprint density at radius 2 is 1.79 bits per heavy atom. The zero-order valence-electron chi connectivity index (χ0n) is 8.04. The molecule has 0 aromatic rings. The summed E-state index contributed by atoms with van der Waals surface area (Å²) in [4.78, 5) is 0. The van der Waals surface area contributed by atoms with Crippen molar-refractivity contribution in [3.8, 4) is 0 Å². The lowest BCUT2D eigenvalue weighted by Crippen LogP contribution is -2.37. The zero-order chi connectivity index (χ0) is 11.1. The summed E-state index contributed by atoms with van der Waals surface area (Å²) in [6.45, 7) is 2.96. The number of rotatable bonds is 2. The summed E-state index contributed by atoms with van der Waals surface area (Å²) in [5, 5.41) is 7.55. The molecular formula is C7H14O5S2. The molecule has 0 unspecified atom stereocenters. The van der Waals surface area contributed by atoms with Crippen LogP contribution in [0.15, 0.2) is 0 Å². The van der Waals surface area contributed by atoms with E-state index in [1.807, 2.05) is 0 Å². The van der Waals surface area contributed by atoms with Crippen molar-refractivity contribution in [2.45, 2.75) is 30.5 Å². The summed E-state index contributed by atoms with van der Waals surface area (Å²) in [6.07, 6.45) is -1.27. The van der Waals surface area contributed by atoms with Crippen LogP contribution in [0.1, 0.15) is 13.8 Å². The van der Waals surface area contributed by atoms with Crippen LogP contribution in [-0.4, -0.2) is 50.1 Å². The minimum absolute atomic E-state index is 0.441. The van der Waals surface area contributed by atoms with Gasteiger partial charge in [0.2, 0.25) is 0 Å². The second-order valence-corrected chi connectivity index (χ2v) is 8.70. The monoisotopic (exact) mass is 242 g/mol. The standard InChI is InChI=1S/C7H14O5S2/c1-5(2)14(11,12)7-4-13(9,10)3-6(7)8/h5-8H,3-4H2,1-2H3/t6-,7+/m1/s1. The highest BCUT2D eigenvalue weighted by molar-refractivity contribution is 7.96. The molecule has 0 aliphatic carbocycles. The minimum Gasteiger partial charge on any atom is -0.391 e. The molecule has 0 aromatic heterocycles. The van der Waals surface area contributed by atoms with Gasteiger partial charge < -0.3 is 5.11 Å². The van der Waals surface area contributed by atoms with Crippen molar-refractivity contribution >= 4 is 19.7 Å². The van der Waals surface area contributed by atoms with Gasteiger partial charge in [0, 0.05) is 0 Å². The van der Waals surface area contributed by atoms with E-state index in [0.29, 0.717) is 0 Å². The topological polar surface area (TPSA) is 88.5 Å². The lowest BCUT2D eigenvalue weighted by molar-refractivity contribution is 0.204. The first-order chi connectivity index (χ1) is 6.17. The second kappa shape index (κ2) is 3.46. The minimum atomic E-state index is -3.53. The van der Waals surface area contributed by atoms with Crippen LogP contribution in [0, 0.1) is 0 Å². The van der Waals surface area contributed by atoms with E-state index in [1.54, 1.807) is 0 Å². The molecular weight excluding hydrogens is 228 g/mol. The van der Waals surface area contributed by atoms with E-state index < -0.39 is 47.8 Å². The SMILES string of the molecule is CC(C)S(=O)(=O)[C@H]1CS(=O)(=O)C[C@H]1O. The van der Waals surface area contributed by atoms with Crippen LogP contribution in [0.4, 0.5) is 0 Å². The quantitative estimate of drug-likeness (QED) is 0.668. The normalized spacial score (nSPS) is 32.3. The van der Waals surface area contributed by atoms with E-state index in [4.69, 9.17) is 0 Å². The molecule has 0 radical (unpaired) electrons. The first kappa shape index (κ1) is 11.9. The first-order valence-electron chi connectivity index (χ1n) is 4.28. The molecule has 0 bridgehead atoms. The fraction of sp³-hybridized carbons (Fsp3) is 1.00. The van der Waals surface area contributed by atoms with Crippen molar-refractivity contribution in [1.82, 2.24) is 0 Å². The predicted molar refractivity (Wildman–Crippen MR) is 52.5 cm³/mol. The number of aliphatic hydroxyl groups excluding tert-OH is 1. The number of hydrogen-bond acceptors (Lipinski definition) is 5. The third-order valence-corrected chi connectivity index (χ3v) is 6.92. The molecule has 2 atom stereocenters. The Bertz CT molecular complexity index is 405. The van der Waals surface area contributed by atoms with Gasteiger partial charge in [0.05, 0.1) is 22.9 Å². The summed E-state index contributed by atoms with van der Waals surface area (Å²) in [6, 6.07) is 0. The molecule has 0 saturated carbocycles. The molecule has 1 fully saturated rings.